The minimum atomic E-state index is 1.16. The van der Waals surface area contributed by atoms with E-state index in [4.69, 9.17) is 0 Å². The molecule has 0 heterocycles. The highest BCUT2D eigenvalue weighted by atomic mass is 79.9. The van der Waals surface area contributed by atoms with Gasteiger partial charge in [-0.1, -0.05) is 46.3 Å². The number of hydrogen-bond donors (Lipinski definition) is 0. The lowest BCUT2D eigenvalue weighted by atomic mass is 9.99. The first-order valence-corrected chi connectivity index (χ1v) is 5.70. The van der Waals surface area contributed by atoms with E-state index in [1.807, 2.05) is 0 Å². The number of benzene rings is 1. The summed E-state index contributed by atoms with van der Waals surface area (Å²) >= 11 is 3.56. The molecule has 0 N–H and O–H groups in total. The fourth-order valence-corrected chi connectivity index (χ4v) is 1.98. The highest BCUT2D eigenvalue weighted by Gasteiger charge is 2.02. The molecule has 0 bridgehead atoms. The largest absolute Gasteiger partial charge is 0.0836 e. The van der Waals surface area contributed by atoms with E-state index in [-0.39, 0.29) is 0 Å². The molecule has 14 heavy (non-hydrogen) atoms. The number of halogens is 1. The fraction of sp³-hybridized carbons (Fsp3) is 0.231. The van der Waals surface area contributed by atoms with Gasteiger partial charge in [-0.2, -0.15) is 0 Å². The van der Waals surface area contributed by atoms with E-state index in [2.05, 4.69) is 59.3 Å². The van der Waals surface area contributed by atoms with E-state index in [1.165, 1.54) is 27.6 Å². The molecule has 2 rings (SSSR count). The van der Waals surface area contributed by atoms with Gasteiger partial charge in [-0.3, -0.25) is 0 Å². The van der Waals surface area contributed by atoms with Crippen LogP contribution < -0.4 is 0 Å². The second-order valence-corrected chi connectivity index (χ2v) is 4.46. The first-order chi connectivity index (χ1) is 6.77. The Hall–Kier alpha value is -0.820. The third-order valence-electron chi connectivity index (χ3n) is 2.50. The number of aryl methyl sites for hydroxylation is 1. The van der Waals surface area contributed by atoms with Crippen LogP contribution in [0.5, 0.6) is 0 Å². The monoisotopic (exact) mass is 248 g/mol. The van der Waals surface area contributed by atoms with Crippen molar-refractivity contribution in [1.29, 1.82) is 0 Å². The van der Waals surface area contributed by atoms with Crippen LogP contribution >= 0.6 is 15.9 Å². The molecule has 72 valence electrons. The van der Waals surface area contributed by atoms with Gasteiger partial charge in [0.1, 0.15) is 0 Å². The summed E-state index contributed by atoms with van der Waals surface area (Å²) in [6.07, 6.45) is 9.09. The Labute approximate surface area is 93.5 Å². The Morgan fingerprint density at radius 3 is 2.71 bits per heavy atom. The van der Waals surface area contributed by atoms with Crippen LogP contribution in [-0.2, 0) is 0 Å². The molecule has 1 aliphatic rings. The van der Waals surface area contributed by atoms with Gasteiger partial charge in [0.25, 0.3) is 0 Å². The molecular formula is C13H13Br. The summed E-state index contributed by atoms with van der Waals surface area (Å²) in [5.74, 6) is 0. The second-order valence-electron chi connectivity index (χ2n) is 3.60. The molecule has 0 unspecified atom stereocenters. The van der Waals surface area contributed by atoms with Crippen molar-refractivity contribution in [2.45, 2.75) is 19.8 Å². The topological polar surface area (TPSA) is 0 Å². The van der Waals surface area contributed by atoms with Gasteiger partial charge in [-0.15, -0.1) is 0 Å². The van der Waals surface area contributed by atoms with Crippen LogP contribution in [0.2, 0.25) is 0 Å². The SMILES string of the molecule is Cc1ccc(C2=CCCC=C2)cc1Br. The average Bonchev–Trinajstić information content (AvgIpc) is 2.23. The van der Waals surface area contributed by atoms with Gasteiger partial charge < -0.3 is 0 Å². The lowest BCUT2D eigenvalue weighted by molar-refractivity contribution is 1.04. The third-order valence-corrected chi connectivity index (χ3v) is 3.35. The minimum absolute atomic E-state index is 1.16. The van der Waals surface area contributed by atoms with Crippen molar-refractivity contribution in [2.75, 3.05) is 0 Å². The predicted molar refractivity (Wildman–Crippen MR) is 65.2 cm³/mol. The summed E-state index contributed by atoms with van der Waals surface area (Å²) in [5.41, 5.74) is 3.93. The van der Waals surface area contributed by atoms with E-state index < -0.39 is 0 Å². The minimum Gasteiger partial charge on any atom is -0.0836 e. The van der Waals surface area contributed by atoms with Crippen molar-refractivity contribution < 1.29 is 0 Å². The summed E-state index contributed by atoms with van der Waals surface area (Å²) in [6.45, 7) is 2.11. The van der Waals surface area contributed by atoms with E-state index >= 15 is 0 Å². The molecule has 0 fully saturated rings. The van der Waals surface area contributed by atoms with Crippen LogP contribution in [0.25, 0.3) is 5.57 Å². The molecule has 0 saturated heterocycles. The van der Waals surface area contributed by atoms with Gasteiger partial charge in [0.15, 0.2) is 0 Å². The number of allylic oxidation sites excluding steroid dienone is 4. The molecule has 1 aromatic carbocycles. The Kier molecular flexibility index (Phi) is 2.87. The highest BCUT2D eigenvalue weighted by Crippen LogP contribution is 2.25. The standard InChI is InChI=1S/C13H13Br/c1-10-7-8-12(9-13(10)14)11-5-3-2-4-6-11/h3,5-9H,2,4H2,1H3. The van der Waals surface area contributed by atoms with Crippen molar-refractivity contribution in [3.05, 3.63) is 52.0 Å². The molecule has 1 aromatic rings. The van der Waals surface area contributed by atoms with Crippen molar-refractivity contribution in [1.82, 2.24) is 0 Å². The molecule has 0 spiro atoms. The zero-order chi connectivity index (χ0) is 9.97. The first-order valence-electron chi connectivity index (χ1n) is 4.90. The maximum Gasteiger partial charge on any atom is 0.0210 e. The molecule has 0 atom stereocenters. The maximum absolute atomic E-state index is 3.56. The molecule has 0 nitrogen and oxygen atoms in total. The second kappa shape index (κ2) is 4.14. The Balaban J connectivity index is 2.37. The van der Waals surface area contributed by atoms with Gasteiger partial charge in [0.05, 0.1) is 0 Å². The lowest BCUT2D eigenvalue weighted by Crippen LogP contribution is -1.87. The quantitative estimate of drug-likeness (QED) is 0.687. The van der Waals surface area contributed by atoms with Gasteiger partial charge >= 0.3 is 0 Å². The van der Waals surface area contributed by atoms with Crippen molar-refractivity contribution >= 4 is 21.5 Å². The maximum atomic E-state index is 3.56. The van der Waals surface area contributed by atoms with E-state index in [1.54, 1.807) is 0 Å². The van der Waals surface area contributed by atoms with Crippen LogP contribution in [0.3, 0.4) is 0 Å². The predicted octanol–water partition coefficient (Wildman–Crippen LogP) is 4.49. The van der Waals surface area contributed by atoms with Crippen LogP contribution in [-0.4, -0.2) is 0 Å². The van der Waals surface area contributed by atoms with Crippen molar-refractivity contribution in [2.24, 2.45) is 0 Å². The van der Waals surface area contributed by atoms with E-state index in [0.29, 0.717) is 0 Å². The molecule has 0 aliphatic heterocycles. The zero-order valence-corrected chi connectivity index (χ0v) is 9.84. The van der Waals surface area contributed by atoms with Crippen molar-refractivity contribution in [3.63, 3.8) is 0 Å². The third kappa shape index (κ3) is 1.98. The molecule has 0 saturated carbocycles. The zero-order valence-electron chi connectivity index (χ0n) is 8.26. The normalized spacial score (nSPS) is 15.4. The smallest absolute Gasteiger partial charge is 0.0210 e. The van der Waals surface area contributed by atoms with Crippen LogP contribution in [0, 0.1) is 6.92 Å². The van der Waals surface area contributed by atoms with Crippen LogP contribution in [0.4, 0.5) is 0 Å². The number of hydrogen-bond acceptors (Lipinski definition) is 0. The summed E-state index contributed by atoms with van der Waals surface area (Å²) < 4.78 is 1.19. The molecule has 0 aromatic heterocycles. The van der Waals surface area contributed by atoms with E-state index in [0.717, 1.165) is 6.42 Å². The van der Waals surface area contributed by atoms with Gasteiger partial charge in [-0.05, 0) is 42.5 Å². The average molecular weight is 249 g/mol. The van der Waals surface area contributed by atoms with Crippen LogP contribution in [0.15, 0.2) is 40.9 Å². The summed E-state index contributed by atoms with van der Waals surface area (Å²) in [6, 6.07) is 6.53. The molecular weight excluding hydrogens is 236 g/mol. The van der Waals surface area contributed by atoms with Crippen LogP contribution in [0.1, 0.15) is 24.0 Å². The Morgan fingerprint density at radius 2 is 2.07 bits per heavy atom. The number of rotatable bonds is 1. The molecule has 1 heteroatoms. The van der Waals surface area contributed by atoms with Gasteiger partial charge in [-0.25, -0.2) is 0 Å². The fourth-order valence-electron chi connectivity index (χ4n) is 1.60. The summed E-state index contributed by atoms with van der Waals surface area (Å²) in [7, 11) is 0. The molecule has 0 amide bonds. The van der Waals surface area contributed by atoms with Gasteiger partial charge in [0, 0.05) is 4.47 Å². The molecule has 0 radical (unpaired) electrons. The lowest BCUT2D eigenvalue weighted by Gasteiger charge is -2.08. The highest BCUT2D eigenvalue weighted by molar-refractivity contribution is 9.10. The Morgan fingerprint density at radius 1 is 1.21 bits per heavy atom. The molecule has 1 aliphatic carbocycles. The summed E-state index contributed by atoms with van der Waals surface area (Å²) in [5, 5.41) is 0. The summed E-state index contributed by atoms with van der Waals surface area (Å²) in [4.78, 5) is 0. The van der Waals surface area contributed by atoms with Crippen molar-refractivity contribution in [3.8, 4) is 0 Å². The Bertz CT molecular complexity index is 400. The van der Waals surface area contributed by atoms with E-state index in [9.17, 15) is 0 Å². The first kappa shape index (κ1) is 9.72. The van der Waals surface area contributed by atoms with Gasteiger partial charge in [0.2, 0.25) is 0 Å².